The minimum Gasteiger partial charge on any atom is -0.286 e. The van der Waals surface area contributed by atoms with Crippen LogP contribution in [0.4, 0.5) is 0 Å². The third kappa shape index (κ3) is 14.0. The molecule has 0 aliphatic rings. The van der Waals surface area contributed by atoms with Crippen molar-refractivity contribution in [1.82, 2.24) is 0 Å². The highest BCUT2D eigenvalue weighted by Gasteiger charge is 2.11. The van der Waals surface area contributed by atoms with Crippen LogP contribution in [0.5, 0.6) is 0 Å². The van der Waals surface area contributed by atoms with Crippen LogP contribution in [0.2, 0.25) is 0 Å². The van der Waals surface area contributed by atoms with Gasteiger partial charge in [0.1, 0.15) is 0 Å². The summed E-state index contributed by atoms with van der Waals surface area (Å²) in [6.07, 6.45) is 12.4. The molecule has 4 heteroatoms. The Bertz CT molecular complexity index is 273. The standard InChI is InChI=1S/C14H30O3S/c1-3-4-5-6-7-8-9-10-11-12-14(2)13-18(15,16)17/h14H,3-13H2,1-2H3,(H,15,16,17). The molecular formula is C14H30O3S. The maximum Gasteiger partial charge on any atom is 0.265 e. The van der Waals surface area contributed by atoms with Crippen LogP contribution in [0.1, 0.15) is 78.1 Å². The summed E-state index contributed by atoms with van der Waals surface area (Å²) in [5, 5.41) is 0. The summed E-state index contributed by atoms with van der Waals surface area (Å²) in [6, 6.07) is 0. The van der Waals surface area contributed by atoms with Crippen LogP contribution in [-0.2, 0) is 10.1 Å². The van der Waals surface area contributed by atoms with Crippen LogP contribution in [-0.4, -0.2) is 18.7 Å². The molecule has 0 aliphatic heterocycles. The fourth-order valence-electron chi connectivity index (χ4n) is 2.25. The van der Waals surface area contributed by atoms with Gasteiger partial charge in [-0.05, 0) is 12.3 Å². The zero-order valence-corrected chi connectivity index (χ0v) is 12.8. The Hall–Kier alpha value is -0.0900. The Morgan fingerprint density at radius 3 is 1.78 bits per heavy atom. The van der Waals surface area contributed by atoms with E-state index in [1.165, 1.54) is 51.4 Å². The van der Waals surface area contributed by atoms with E-state index in [-0.39, 0.29) is 11.7 Å². The summed E-state index contributed by atoms with van der Waals surface area (Å²) in [4.78, 5) is 0. The molecule has 0 saturated heterocycles. The molecule has 110 valence electrons. The van der Waals surface area contributed by atoms with E-state index in [4.69, 9.17) is 4.55 Å². The zero-order chi connectivity index (χ0) is 13.9. The average Bonchev–Trinajstić information content (AvgIpc) is 2.24. The molecule has 1 atom stereocenters. The Morgan fingerprint density at radius 1 is 0.889 bits per heavy atom. The Morgan fingerprint density at radius 2 is 1.33 bits per heavy atom. The first-order valence-corrected chi connectivity index (χ1v) is 9.01. The van der Waals surface area contributed by atoms with Gasteiger partial charge in [0.2, 0.25) is 0 Å². The van der Waals surface area contributed by atoms with Gasteiger partial charge in [-0.3, -0.25) is 4.55 Å². The molecule has 0 saturated carbocycles. The smallest absolute Gasteiger partial charge is 0.265 e. The van der Waals surface area contributed by atoms with Gasteiger partial charge in [-0.2, -0.15) is 8.42 Å². The molecule has 18 heavy (non-hydrogen) atoms. The monoisotopic (exact) mass is 278 g/mol. The topological polar surface area (TPSA) is 54.4 Å². The van der Waals surface area contributed by atoms with Crippen molar-refractivity contribution in [3.8, 4) is 0 Å². The molecule has 3 nitrogen and oxygen atoms in total. The van der Waals surface area contributed by atoms with Gasteiger partial charge in [0, 0.05) is 0 Å². The molecule has 0 heterocycles. The molecular weight excluding hydrogens is 248 g/mol. The first-order chi connectivity index (χ1) is 8.45. The lowest BCUT2D eigenvalue weighted by Gasteiger charge is -2.08. The van der Waals surface area contributed by atoms with Crippen LogP contribution < -0.4 is 0 Å². The summed E-state index contributed by atoms with van der Waals surface area (Å²) in [5.74, 6) is -0.0196. The van der Waals surface area contributed by atoms with Gasteiger partial charge < -0.3 is 0 Å². The second kappa shape index (κ2) is 10.8. The van der Waals surface area contributed by atoms with Crippen LogP contribution >= 0.6 is 0 Å². The molecule has 0 radical (unpaired) electrons. The number of hydrogen-bond donors (Lipinski definition) is 1. The molecule has 0 aromatic carbocycles. The van der Waals surface area contributed by atoms with Crippen molar-refractivity contribution < 1.29 is 13.0 Å². The van der Waals surface area contributed by atoms with Gasteiger partial charge in [-0.1, -0.05) is 71.6 Å². The third-order valence-corrected chi connectivity index (χ3v) is 4.29. The normalized spacial score (nSPS) is 13.7. The number of unbranched alkanes of at least 4 members (excludes halogenated alkanes) is 8. The third-order valence-electron chi connectivity index (χ3n) is 3.30. The van der Waals surface area contributed by atoms with Crippen molar-refractivity contribution in [2.45, 2.75) is 78.1 Å². The lowest BCUT2D eigenvalue weighted by atomic mass is 10.0. The molecule has 0 fully saturated rings. The van der Waals surface area contributed by atoms with E-state index >= 15 is 0 Å². The fraction of sp³-hybridized carbons (Fsp3) is 1.00. The molecule has 0 amide bonds. The van der Waals surface area contributed by atoms with E-state index < -0.39 is 10.1 Å². The van der Waals surface area contributed by atoms with Crippen molar-refractivity contribution in [3.63, 3.8) is 0 Å². The largest absolute Gasteiger partial charge is 0.286 e. The van der Waals surface area contributed by atoms with E-state index in [1.54, 1.807) is 0 Å². The summed E-state index contributed by atoms with van der Waals surface area (Å²) >= 11 is 0. The number of hydrogen-bond acceptors (Lipinski definition) is 2. The molecule has 0 aliphatic carbocycles. The van der Waals surface area contributed by atoms with Crippen LogP contribution in [0.15, 0.2) is 0 Å². The highest BCUT2D eigenvalue weighted by Crippen LogP contribution is 2.14. The first-order valence-electron chi connectivity index (χ1n) is 7.41. The van der Waals surface area contributed by atoms with Crippen molar-refractivity contribution in [2.24, 2.45) is 5.92 Å². The van der Waals surface area contributed by atoms with E-state index in [0.717, 1.165) is 12.8 Å². The molecule has 0 rings (SSSR count). The molecule has 0 spiro atoms. The van der Waals surface area contributed by atoms with E-state index in [2.05, 4.69) is 6.92 Å². The lowest BCUT2D eigenvalue weighted by Crippen LogP contribution is -2.12. The minimum atomic E-state index is -3.78. The summed E-state index contributed by atoms with van der Waals surface area (Å²) in [6.45, 7) is 4.12. The van der Waals surface area contributed by atoms with Crippen LogP contribution in [0.25, 0.3) is 0 Å². The van der Waals surface area contributed by atoms with E-state index in [9.17, 15) is 8.42 Å². The minimum absolute atomic E-state index is 0.0737. The SMILES string of the molecule is CCCCCCCCCCCC(C)CS(=O)(=O)O. The van der Waals surface area contributed by atoms with Crippen molar-refractivity contribution in [3.05, 3.63) is 0 Å². The van der Waals surface area contributed by atoms with Crippen molar-refractivity contribution in [2.75, 3.05) is 5.75 Å². The van der Waals surface area contributed by atoms with Gasteiger partial charge >= 0.3 is 0 Å². The van der Waals surface area contributed by atoms with Crippen molar-refractivity contribution in [1.29, 1.82) is 0 Å². The Kier molecular flexibility index (Phi) is 10.7. The van der Waals surface area contributed by atoms with Crippen LogP contribution in [0.3, 0.4) is 0 Å². The van der Waals surface area contributed by atoms with Gasteiger partial charge in [-0.25, -0.2) is 0 Å². The maximum atomic E-state index is 10.7. The fourth-order valence-corrected chi connectivity index (χ4v) is 3.13. The second-order valence-corrected chi connectivity index (χ2v) is 6.97. The maximum absolute atomic E-state index is 10.7. The van der Waals surface area contributed by atoms with Gasteiger partial charge in [0.25, 0.3) is 10.1 Å². The van der Waals surface area contributed by atoms with Gasteiger partial charge in [0.15, 0.2) is 0 Å². The molecule has 0 aromatic heterocycles. The highest BCUT2D eigenvalue weighted by atomic mass is 32.2. The predicted octanol–water partition coefficient (Wildman–Crippen LogP) is 4.43. The van der Waals surface area contributed by atoms with Gasteiger partial charge in [-0.15, -0.1) is 0 Å². The molecule has 0 bridgehead atoms. The summed E-state index contributed by atoms with van der Waals surface area (Å²) in [7, 11) is -3.78. The average molecular weight is 278 g/mol. The summed E-state index contributed by atoms with van der Waals surface area (Å²) in [5.41, 5.74) is 0. The van der Waals surface area contributed by atoms with Crippen LogP contribution in [0, 0.1) is 5.92 Å². The van der Waals surface area contributed by atoms with Crippen molar-refractivity contribution >= 4 is 10.1 Å². The van der Waals surface area contributed by atoms with E-state index in [0.29, 0.717) is 0 Å². The molecule has 1 unspecified atom stereocenters. The lowest BCUT2D eigenvalue weighted by molar-refractivity contribution is 0.454. The highest BCUT2D eigenvalue weighted by molar-refractivity contribution is 7.85. The molecule has 0 aromatic rings. The molecule has 1 N–H and O–H groups in total. The number of rotatable bonds is 12. The Balaban J connectivity index is 3.25. The van der Waals surface area contributed by atoms with E-state index in [1.807, 2.05) is 6.92 Å². The first kappa shape index (κ1) is 17.9. The zero-order valence-electron chi connectivity index (χ0n) is 12.0. The second-order valence-electron chi connectivity index (χ2n) is 5.47. The summed E-state index contributed by atoms with van der Waals surface area (Å²) < 4.78 is 30.0. The quantitative estimate of drug-likeness (QED) is 0.424. The predicted molar refractivity (Wildman–Crippen MR) is 77.4 cm³/mol. The van der Waals surface area contributed by atoms with Gasteiger partial charge in [0.05, 0.1) is 5.75 Å². The Labute approximate surface area is 113 Å².